The molecule has 0 radical (unpaired) electrons. The molecule has 0 aliphatic rings. The number of anilines is 1. The maximum Gasteiger partial charge on any atom is 0.416 e. The van der Waals surface area contributed by atoms with Gasteiger partial charge in [-0.25, -0.2) is 8.42 Å². The number of carbonyl (C=O) groups excluding carboxylic acids is 2. The summed E-state index contributed by atoms with van der Waals surface area (Å²) in [7, 11) is -4.54. The molecule has 44 heavy (non-hydrogen) atoms. The summed E-state index contributed by atoms with van der Waals surface area (Å²) in [5, 5.41) is 3.30. The first-order valence-corrected chi connectivity index (χ1v) is 16.2. The van der Waals surface area contributed by atoms with Gasteiger partial charge in [-0.1, -0.05) is 73.3 Å². The molecule has 1 N–H and O–H groups in total. The third kappa shape index (κ3) is 8.89. The van der Waals surface area contributed by atoms with Crippen molar-refractivity contribution in [2.45, 2.75) is 63.7 Å². The number of sulfonamides is 1. The Bertz CT molecular complexity index is 1570. The van der Waals surface area contributed by atoms with Crippen LogP contribution in [0.1, 0.15) is 49.8 Å². The Hall–Kier alpha value is -3.28. The zero-order chi connectivity index (χ0) is 32.7. The second kappa shape index (κ2) is 15.1. The third-order valence-electron chi connectivity index (χ3n) is 6.90. The number of hydrogen-bond donors (Lipinski definition) is 1. The molecule has 0 aliphatic heterocycles. The minimum absolute atomic E-state index is 0.142. The first kappa shape index (κ1) is 35.2. The third-order valence-corrected chi connectivity index (χ3v) is 9.43. The normalized spacial score (nSPS) is 12.5. The number of amides is 2. The van der Waals surface area contributed by atoms with Crippen LogP contribution in [0.4, 0.5) is 18.9 Å². The van der Waals surface area contributed by atoms with Crippen molar-refractivity contribution >= 4 is 50.7 Å². The highest BCUT2D eigenvalue weighted by atomic mass is 35.5. The SMILES string of the molecule is CCCCNC(=O)[C@H](CC)N(Cc1ccc(Cl)c(Cl)c1)C(=O)CN(c1cccc(C(F)(F)F)c1)S(=O)(=O)c1ccc(C)cc1. The maximum atomic E-state index is 14.1. The molecule has 3 aromatic rings. The summed E-state index contributed by atoms with van der Waals surface area (Å²) in [6, 6.07) is 13.1. The van der Waals surface area contributed by atoms with Crippen LogP contribution < -0.4 is 9.62 Å². The molecule has 1 atom stereocenters. The summed E-state index contributed by atoms with van der Waals surface area (Å²) in [4.78, 5) is 28.3. The van der Waals surface area contributed by atoms with Gasteiger partial charge in [-0.05, 0) is 67.8 Å². The van der Waals surface area contributed by atoms with Crippen LogP contribution >= 0.6 is 23.2 Å². The van der Waals surface area contributed by atoms with Crippen molar-refractivity contribution in [2.24, 2.45) is 0 Å². The van der Waals surface area contributed by atoms with E-state index in [1.807, 2.05) is 6.92 Å². The highest BCUT2D eigenvalue weighted by Crippen LogP contribution is 2.33. The Morgan fingerprint density at radius 2 is 1.64 bits per heavy atom. The Morgan fingerprint density at radius 3 is 2.23 bits per heavy atom. The average Bonchev–Trinajstić information content (AvgIpc) is 2.97. The molecule has 0 aromatic heterocycles. The molecule has 2 amide bonds. The highest BCUT2D eigenvalue weighted by Gasteiger charge is 2.36. The standard InChI is InChI=1S/C31H34Cl2F3N3O4S/c1-4-6-16-37-30(41)28(5-2)38(19-22-12-15-26(32)27(33)17-22)29(40)20-39(24-9-7-8-23(18-24)31(34,35)36)44(42,43)25-13-10-21(3)11-14-25/h7-15,17-18,28H,4-6,16,19-20H2,1-3H3,(H,37,41)/t28-/m0/s1. The lowest BCUT2D eigenvalue weighted by atomic mass is 10.1. The fourth-order valence-electron chi connectivity index (χ4n) is 4.46. The Balaban J connectivity index is 2.11. The van der Waals surface area contributed by atoms with Crippen molar-refractivity contribution in [3.8, 4) is 0 Å². The van der Waals surface area contributed by atoms with E-state index >= 15 is 0 Å². The Morgan fingerprint density at radius 1 is 0.955 bits per heavy atom. The second-order valence-electron chi connectivity index (χ2n) is 10.2. The molecular formula is C31H34Cl2F3N3O4S. The topological polar surface area (TPSA) is 86.8 Å². The van der Waals surface area contributed by atoms with E-state index in [-0.39, 0.29) is 33.6 Å². The van der Waals surface area contributed by atoms with Gasteiger partial charge >= 0.3 is 6.18 Å². The van der Waals surface area contributed by atoms with Gasteiger partial charge in [0.05, 0.1) is 26.2 Å². The molecule has 0 spiro atoms. The van der Waals surface area contributed by atoms with E-state index in [1.54, 1.807) is 32.0 Å². The fourth-order valence-corrected chi connectivity index (χ4v) is 6.19. The predicted molar refractivity (Wildman–Crippen MR) is 166 cm³/mol. The average molecular weight is 673 g/mol. The van der Waals surface area contributed by atoms with Gasteiger partial charge in [-0.2, -0.15) is 13.2 Å². The van der Waals surface area contributed by atoms with E-state index in [9.17, 15) is 31.2 Å². The molecule has 3 aromatic carbocycles. The van der Waals surface area contributed by atoms with Gasteiger partial charge in [0.15, 0.2) is 0 Å². The zero-order valence-corrected chi connectivity index (χ0v) is 26.8. The van der Waals surface area contributed by atoms with E-state index in [2.05, 4.69) is 5.32 Å². The number of unbranched alkanes of at least 4 members (excludes halogenated alkanes) is 1. The molecule has 0 aliphatic carbocycles. The van der Waals surface area contributed by atoms with Crippen molar-refractivity contribution < 1.29 is 31.2 Å². The van der Waals surface area contributed by atoms with Gasteiger partial charge in [0.25, 0.3) is 10.0 Å². The maximum absolute atomic E-state index is 14.1. The van der Waals surface area contributed by atoms with Crippen molar-refractivity contribution in [2.75, 3.05) is 17.4 Å². The highest BCUT2D eigenvalue weighted by molar-refractivity contribution is 7.92. The van der Waals surface area contributed by atoms with Crippen LogP contribution in [-0.4, -0.2) is 44.3 Å². The number of halogens is 5. The lowest BCUT2D eigenvalue weighted by Gasteiger charge is -2.33. The van der Waals surface area contributed by atoms with Crippen LogP contribution in [0.25, 0.3) is 0 Å². The number of aryl methyl sites for hydroxylation is 1. The summed E-state index contributed by atoms with van der Waals surface area (Å²) in [6.45, 7) is 4.77. The quantitative estimate of drug-likeness (QED) is 0.194. The summed E-state index contributed by atoms with van der Waals surface area (Å²) in [5.41, 5.74) is -0.164. The lowest BCUT2D eigenvalue weighted by molar-refractivity contribution is -0.140. The number of alkyl halides is 3. The largest absolute Gasteiger partial charge is 0.416 e. The molecule has 3 rings (SSSR count). The van der Waals surface area contributed by atoms with E-state index in [0.29, 0.717) is 28.9 Å². The predicted octanol–water partition coefficient (Wildman–Crippen LogP) is 7.24. The van der Waals surface area contributed by atoms with Crippen molar-refractivity contribution in [1.29, 1.82) is 0 Å². The fraction of sp³-hybridized carbons (Fsp3) is 0.355. The molecule has 13 heteroatoms. The molecule has 0 fully saturated rings. The molecule has 238 valence electrons. The Labute approximate surface area is 266 Å². The molecule has 0 saturated heterocycles. The monoisotopic (exact) mass is 671 g/mol. The van der Waals surface area contributed by atoms with Crippen molar-refractivity contribution in [3.63, 3.8) is 0 Å². The summed E-state index contributed by atoms with van der Waals surface area (Å²) in [5.74, 6) is -1.25. The smallest absolute Gasteiger partial charge is 0.354 e. The van der Waals surface area contributed by atoms with E-state index < -0.39 is 46.2 Å². The zero-order valence-electron chi connectivity index (χ0n) is 24.5. The summed E-state index contributed by atoms with van der Waals surface area (Å²) >= 11 is 12.3. The summed E-state index contributed by atoms with van der Waals surface area (Å²) in [6.07, 6.45) is -3.05. The second-order valence-corrected chi connectivity index (χ2v) is 12.9. The number of nitrogens with zero attached hydrogens (tertiary/aromatic N) is 2. The first-order valence-electron chi connectivity index (χ1n) is 14.0. The van der Waals surface area contributed by atoms with Crippen LogP contribution in [0.15, 0.2) is 71.6 Å². The van der Waals surface area contributed by atoms with Crippen LogP contribution in [0.5, 0.6) is 0 Å². The van der Waals surface area contributed by atoms with E-state index in [4.69, 9.17) is 23.2 Å². The number of hydrogen-bond acceptors (Lipinski definition) is 4. The van der Waals surface area contributed by atoms with Crippen molar-refractivity contribution in [3.05, 3.63) is 93.5 Å². The molecule has 0 unspecified atom stereocenters. The number of rotatable bonds is 13. The van der Waals surface area contributed by atoms with Gasteiger partial charge in [0.1, 0.15) is 12.6 Å². The van der Waals surface area contributed by atoms with Crippen LogP contribution in [0.3, 0.4) is 0 Å². The first-order chi connectivity index (χ1) is 20.7. The molecule has 7 nitrogen and oxygen atoms in total. The minimum Gasteiger partial charge on any atom is -0.354 e. The number of carbonyl (C=O) groups is 2. The lowest BCUT2D eigenvalue weighted by Crippen LogP contribution is -2.52. The molecule has 0 bridgehead atoms. The van der Waals surface area contributed by atoms with Crippen LogP contribution in [-0.2, 0) is 32.3 Å². The van der Waals surface area contributed by atoms with Gasteiger partial charge in [-0.3, -0.25) is 13.9 Å². The summed E-state index contributed by atoms with van der Waals surface area (Å²) < 4.78 is 69.4. The van der Waals surface area contributed by atoms with Crippen molar-refractivity contribution in [1.82, 2.24) is 10.2 Å². The number of benzene rings is 3. The number of nitrogens with one attached hydrogen (secondary N) is 1. The minimum atomic E-state index is -4.76. The van der Waals surface area contributed by atoms with Crippen LogP contribution in [0, 0.1) is 6.92 Å². The van der Waals surface area contributed by atoms with Gasteiger partial charge < -0.3 is 10.2 Å². The van der Waals surface area contributed by atoms with E-state index in [1.165, 1.54) is 35.2 Å². The molecule has 0 heterocycles. The van der Waals surface area contributed by atoms with Gasteiger partial charge in [-0.15, -0.1) is 0 Å². The van der Waals surface area contributed by atoms with Gasteiger partial charge in [0, 0.05) is 13.1 Å². The molecular weight excluding hydrogens is 638 g/mol. The molecule has 0 saturated carbocycles. The van der Waals surface area contributed by atoms with Gasteiger partial charge in [0.2, 0.25) is 11.8 Å². The Kier molecular flexibility index (Phi) is 12.1. The van der Waals surface area contributed by atoms with Crippen LogP contribution in [0.2, 0.25) is 10.0 Å². The van der Waals surface area contributed by atoms with E-state index in [0.717, 1.165) is 24.1 Å².